The first-order valence-corrected chi connectivity index (χ1v) is 9.64. The standard InChI is InChI=1S/C21H18ClFN2O4/c22-16-11-14(23)5-6-15(16)21(27)28-12-19(26)25-9-7-13(8-10-25)20-24-17-3-1-2-4-18(17)29-20/h1-6,11,13H,7-10,12H2. The van der Waals surface area contributed by atoms with Crippen molar-refractivity contribution in [1.29, 1.82) is 0 Å². The molecule has 0 bridgehead atoms. The van der Waals surface area contributed by atoms with Gasteiger partial charge in [0.2, 0.25) is 0 Å². The van der Waals surface area contributed by atoms with Gasteiger partial charge in [-0.05, 0) is 43.2 Å². The molecule has 0 atom stereocenters. The molecule has 0 aliphatic carbocycles. The molecule has 29 heavy (non-hydrogen) atoms. The van der Waals surface area contributed by atoms with Gasteiger partial charge in [-0.25, -0.2) is 14.2 Å². The molecule has 0 saturated carbocycles. The number of carbonyl (C=O) groups is 2. The fourth-order valence-electron chi connectivity index (χ4n) is 3.39. The number of piperidine rings is 1. The van der Waals surface area contributed by atoms with Crippen LogP contribution in [0.3, 0.4) is 0 Å². The first kappa shape index (κ1) is 19.4. The second kappa shape index (κ2) is 8.21. The fourth-order valence-corrected chi connectivity index (χ4v) is 3.64. The molecule has 1 amide bonds. The van der Waals surface area contributed by atoms with Gasteiger partial charge in [-0.15, -0.1) is 0 Å². The minimum atomic E-state index is -0.760. The van der Waals surface area contributed by atoms with Crippen molar-refractivity contribution in [3.8, 4) is 0 Å². The van der Waals surface area contributed by atoms with Crippen LogP contribution in [0.4, 0.5) is 4.39 Å². The average molecular weight is 417 g/mol. The molecule has 0 N–H and O–H groups in total. The zero-order chi connectivity index (χ0) is 20.4. The number of nitrogens with zero attached hydrogens (tertiary/aromatic N) is 2. The van der Waals surface area contributed by atoms with Gasteiger partial charge >= 0.3 is 5.97 Å². The molecular formula is C21H18ClFN2O4. The van der Waals surface area contributed by atoms with Gasteiger partial charge in [-0.1, -0.05) is 23.7 Å². The highest BCUT2D eigenvalue weighted by atomic mass is 35.5. The Balaban J connectivity index is 1.30. The summed E-state index contributed by atoms with van der Waals surface area (Å²) in [5, 5.41) is -0.0541. The zero-order valence-electron chi connectivity index (χ0n) is 15.4. The molecule has 1 fully saturated rings. The second-order valence-corrected chi connectivity index (χ2v) is 7.28. The molecule has 6 nitrogen and oxygen atoms in total. The summed E-state index contributed by atoms with van der Waals surface area (Å²) in [4.78, 5) is 30.6. The van der Waals surface area contributed by atoms with E-state index >= 15 is 0 Å². The summed E-state index contributed by atoms with van der Waals surface area (Å²) < 4.78 is 23.9. The van der Waals surface area contributed by atoms with E-state index in [9.17, 15) is 14.0 Å². The van der Waals surface area contributed by atoms with Gasteiger partial charge in [0.15, 0.2) is 18.1 Å². The Morgan fingerprint density at radius 2 is 1.97 bits per heavy atom. The lowest BCUT2D eigenvalue weighted by molar-refractivity contribution is -0.135. The third-order valence-corrected chi connectivity index (χ3v) is 5.30. The van der Waals surface area contributed by atoms with Crippen LogP contribution in [0, 0.1) is 5.82 Å². The van der Waals surface area contributed by atoms with Gasteiger partial charge < -0.3 is 14.1 Å². The van der Waals surface area contributed by atoms with E-state index in [1.165, 1.54) is 6.07 Å². The molecule has 1 aromatic heterocycles. The van der Waals surface area contributed by atoms with Crippen molar-refractivity contribution in [2.45, 2.75) is 18.8 Å². The molecule has 8 heteroatoms. The van der Waals surface area contributed by atoms with E-state index in [0.29, 0.717) is 19.0 Å². The molecule has 0 unspecified atom stereocenters. The van der Waals surface area contributed by atoms with Crippen molar-refractivity contribution < 1.29 is 23.1 Å². The SMILES string of the molecule is O=C(OCC(=O)N1CCC(c2nc3ccccc3o2)CC1)c1ccc(F)cc1Cl. The van der Waals surface area contributed by atoms with Crippen LogP contribution < -0.4 is 0 Å². The zero-order valence-corrected chi connectivity index (χ0v) is 16.2. The number of aromatic nitrogens is 1. The van der Waals surface area contributed by atoms with Crippen LogP contribution in [-0.4, -0.2) is 41.5 Å². The number of rotatable bonds is 4. The highest BCUT2D eigenvalue weighted by Crippen LogP contribution is 2.30. The van der Waals surface area contributed by atoms with E-state index in [2.05, 4.69) is 4.98 Å². The number of hydrogen-bond donors (Lipinski definition) is 0. The molecule has 2 heterocycles. The van der Waals surface area contributed by atoms with Crippen LogP contribution in [0.2, 0.25) is 5.02 Å². The number of benzene rings is 2. The number of oxazole rings is 1. The molecule has 1 aliphatic rings. The Morgan fingerprint density at radius 1 is 1.21 bits per heavy atom. The van der Waals surface area contributed by atoms with E-state index in [1.807, 2.05) is 24.3 Å². The number of fused-ring (bicyclic) bond motifs is 1. The lowest BCUT2D eigenvalue weighted by atomic mass is 9.97. The third kappa shape index (κ3) is 4.24. The lowest BCUT2D eigenvalue weighted by Gasteiger charge is -2.30. The van der Waals surface area contributed by atoms with Gasteiger partial charge in [-0.3, -0.25) is 4.79 Å². The molecule has 4 rings (SSSR count). The number of amides is 1. The second-order valence-electron chi connectivity index (χ2n) is 6.88. The normalized spacial score (nSPS) is 14.9. The monoisotopic (exact) mass is 416 g/mol. The summed E-state index contributed by atoms with van der Waals surface area (Å²) in [5.74, 6) is -0.760. The summed E-state index contributed by atoms with van der Waals surface area (Å²) in [6.45, 7) is 0.661. The molecule has 3 aromatic rings. The smallest absolute Gasteiger partial charge is 0.340 e. The van der Waals surface area contributed by atoms with Gasteiger partial charge in [0, 0.05) is 19.0 Å². The maximum atomic E-state index is 13.1. The summed E-state index contributed by atoms with van der Waals surface area (Å²) in [7, 11) is 0. The van der Waals surface area contributed by atoms with E-state index in [1.54, 1.807) is 4.90 Å². The van der Waals surface area contributed by atoms with Crippen molar-refractivity contribution >= 4 is 34.6 Å². The number of carbonyl (C=O) groups excluding carboxylic acids is 2. The first-order chi connectivity index (χ1) is 14.0. The van der Waals surface area contributed by atoms with E-state index < -0.39 is 11.8 Å². The Kier molecular flexibility index (Phi) is 5.49. The molecule has 150 valence electrons. The average Bonchev–Trinajstić information content (AvgIpc) is 3.16. The summed E-state index contributed by atoms with van der Waals surface area (Å²) in [6.07, 6.45) is 1.44. The largest absolute Gasteiger partial charge is 0.452 e. The summed E-state index contributed by atoms with van der Waals surface area (Å²) >= 11 is 5.84. The van der Waals surface area contributed by atoms with Crippen molar-refractivity contribution in [1.82, 2.24) is 9.88 Å². The fraction of sp³-hybridized carbons (Fsp3) is 0.286. The van der Waals surface area contributed by atoms with Gasteiger partial charge in [-0.2, -0.15) is 0 Å². The Morgan fingerprint density at radius 3 is 2.69 bits per heavy atom. The maximum absolute atomic E-state index is 13.1. The van der Waals surface area contributed by atoms with Crippen molar-refractivity contribution in [2.24, 2.45) is 0 Å². The lowest BCUT2D eigenvalue weighted by Crippen LogP contribution is -2.40. The number of likely N-dealkylation sites (tertiary alicyclic amines) is 1. The number of esters is 1. The number of hydrogen-bond acceptors (Lipinski definition) is 5. The summed E-state index contributed by atoms with van der Waals surface area (Å²) in [6, 6.07) is 11.0. The Labute approximate surface area is 171 Å². The highest BCUT2D eigenvalue weighted by molar-refractivity contribution is 6.33. The van der Waals surface area contributed by atoms with Gasteiger partial charge in [0.25, 0.3) is 5.91 Å². The number of halogens is 2. The predicted molar refractivity (Wildman–Crippen MR) is 104 cm³/mol. The van der Waals surface area contributed by atoms with Crippen molar-refractivity contribution in [3.05, 3.63) is 64.8 Å². The maximum Gasteiger partial charge on any atom is 0.340 e. The van der Waals surface area contributed by atoms with Crippen molar-refractivity contribution in [3.63, 3.8) is 0 Å². The first-order valence-electron chi connectivity index (χ1n) is 9.26. The molecule has 0 spiro atoms. The topological polar surface area (TPSA) is 72.6 Å². The Hall–Kier alpha value is -2.93. The van der Waals surface area contributed by atoms with Gasteiger partial charge in [0.05, 0.1) is 10.6 Å². The van der Waals surface area contributed by atoms with Crippen LogP contribution in [0.5, 0.6) is 0 Å². The van der Waals surface area contributed by atoms with E-state index in [0.717, 1.165) is 36.1 Å². The molecular weight excluding hydrogens is 399 g/mol. The molecule has 2 aromatic carbocycles. The highest BCUT2D eigenvalue weighted by Gasteiger charge is 2.27. The van der Waals surface area contributed by atoms with Crippen LogP contribution in [0.15, 0.2) is 46.9 Å². The number of ether oxygens (including phenoxy) is 1. The third-order valence-electron chi connectivity index (χ3n) is 4.99. The summed E-state index contributed by atoms with van der Waals surface area (Å²) in [5.41, 5.74) is 1.61. The minimum absolute atomic E-state index is 0.0236. The molecule has 1 aliphatic heterocycles. The molecule has 1 saturated heterocycles. The van der Waals surface area contributed by atoms with Crippen LogP contribution in [-0.2, 0) is 9.53 Å². The van der Waals surface area contributed by atoms with Crippen LogP contribution >= 0.6 is 11.6 Å². The van der Waals surface area contributed by atoms with Crippen LogP contribution in [0.1, 0.15) is 35.0 Å². The molecule has 0 radical (unpaired) electrons. The quantitative estimate of drug-likeness (QED) is 0.596. The minimum Gasteiger partial charge on any atom is -0.452 e. The van der Waals surface area contributed by atoms with Crippen LogP contribution in [0.25, 0.3) is 11.1 Å². The van der Waals surface area contributed by atoms with Gasteiger partial charge in [0.1, 0.15) is 11.3 Å². The Bertz CT molecular complexity index is 1030. The predicted octanol–water partition coefficient (Wildman–Crippen LogP) is 4.18. The number of para-hydroxylation sites is 2. The van der Waals surface area contributed by atoms with E-state index in [-0.39, 0.29) is 29.0 Å². The van der Waals surface area contributed by atoms with E-state index in [4.69, 9.17) is 20.8 Å². The van der Waals surface area contributed by atoms with Crippen molar-refractivity contribution in [2.75, 3.05) is 19.7 Å².